The molecule has 1 aliphatic rings. The van der Waals surface area contributed by atoms with Crippen molar-refractivity contribution in [3.8, 4) is 0 Å². The van der Waals surface area contributed by atoms with Crippen molar-refractivity contribution in [1.29, 1.82) is 0 Å². The van der Waals surface area contributed by atoms with Crippen LogP contribution in [0, 0.1) is 6.92 Å². The number of anilines is 1. The fourth-order valence-electron chi connectivity index (χ4n) is 4.62. The quantitative estimate of drug-likeness (QED) is 0.331. The molecule has 1 saturated carbocycles. The van der Waals surface area contributed by atoms with Gasteiger partial charge < -0.3 is 10.6 Å². The molecule has 0 aliphatic heterocycles. The maximum absolute atomic E-state index is 13.4. The smallest absolute Gasteiger partial charge is 0.382 e. The van der Waals surface area contributed by atoms with Crippen molar-refractivity contribution in [2.24, 2.45) is 0 Å². The Morgan fingerprint density at radius 3 is 2.68 bits per heavy atom. The maximum Gasteiger partial charge on any atom is 0.433 e. The van der Waals surface area contributed by atoms with E-state index in [1.165, 1.54) is 11.3 Å². The van der Waals surface area contributed by atoms with Crippen LogP contribution >= 0.6 is 11.3 Å². The van der Waals surface area contributed by atoms with Gasteiger partial charge in [0.2, 0.25) is 0 Å². The summed E-state index contributed by atoms with van der Waals surface area (Å²) in [4.78, 5) is 17.4. The van der Waals surface area contributed by atoms with Crippen LogP contribution in [0.15, 0.2) is 54.6 Å². The van der Waals surface area contributed by atoms with Crippen LogP contribution in [0.25, 0.3) is 21.0 Å². The molecule has 8 heteroatoms. The minimum atomic E-state index is -4.52. The second kappa shape index (κ2) is 8.91. The van der Waals surface area contributed by atoms with Crippen molar-refractivity contribution < 1.29 is 18.0 Å². The standard InChI is InChI=1S/C26H24F3N3OS/c1-15-9-10-16-12-23(34-22(16)11-15)25(33)31-18-6-4-5-17(13-18)30-21-14-24(26(27,28)29)32-20-8-3-2-7-19(20)21/h2-3,7-12,14,17-18H,4-6,13H2,1H3,(H,30,32)(H,31,33)/t17?,18-/m1/s1. The molecule has 1 unspecified atom stereocenters. The van der Waals surface area contributed by atoms with Gasteiger partial charge in [-0.15, -0.1) is 11.3 Å². The zero-order valence-corrected chi connectivity index (χ0v) is 19.4. The lowest BCUT2D eigenvalue weighted by Crippen LogP contribution is -2.41. The minimum Gasteiger partial charge on any atom is -0.382 e. The summed E-state index contributed by atoms with van der Waals surface area (Å²) in [7, 11) is 0. The van der Waals surface area contributed by atoms with Crippen LogP contribution in [-0.2, 0) is 6.18 Å². The predicted octanol–water partition coefficient (Wildman–Crippen LogP) is 6.93. The Kier molecular flexibility index (Phi) is 5.93. The maximum atomic E-state index is 13.4. The van der Waals surface area contributed by atoms with Crippen LogP contribution in [0.5, 0.6) is 0 Å². The number of aryl methyl sites for hydroxylation is 1. The number of hydrogen-bond acceptors (Lipinski definition) is 4. The highest BCUT2D eigenvalue weighted by Gasteiger charge is 2.34. The van der Waals surface area contributed by atoms with E-state index in [1.54, 1.807) is 24.3 Å². The molecule has 176 valence electrons. The van der Waals surface area contributed by atoms with Gasteiger partial charge in [-0.25, -0.2) is 4.98 Å². The van der Waals surface area contributed by atoms with Gasteiger partial charge in [-0.05, 0) is 67.8 Å². The molecule has 2 heterocycles. The van der Waals surface area contributed by atoms with Gasteiger partial charge in [0.25, 0.3) is 5.91 Å². The zero-order valence-electron chi connectivity index (χ0n) is 18.6. The molecule has 2 aromatic heterocycles. The Bertz CT molecular complexity index is 1360. The van der Waals surface area contributed by atoms with Gasteiger partial charge >= 0.3 is 6.18 Å². The zero-order chi connectivity index (χ0) is 23.9. The third-order valence-corrected chi connectivity index (χ3v) is 7.37. The monoisotopic (exact) mass is 483 g/mol. The first-order valence-electron chi connectivity index (χ1n) is 11.3. The number of nitrogens with zero attached hydrogens (tertiary/aromatic N) is 1. The summed E-state index contributed by atoms with van der Waals surface area (Å²) in [5.74, 6) is -0.0989. The van der Waals surface area contributed by atoms with Crippen LogP contribution in [0.4, 0.5) is 18.9 Å². The van der Waals surface area contributed by atoms with E-state index in [4.69, 9.17) is 0 Å². The van der Waals surface area contributed by atoms with E-state index in [-0.39, 0.29) is 18.0 Å². The third-order valence-electron chi connectivity index (χ3n) is 6.28. The molecule has 1 aliphatic carbocycles. The largest absolute Gasteiger partial charge is 0.433 e. The molecule has 0 bridgehead atoms. The number of benzene rings is 2. The van der Waals surface area contributed by atoms with Gasteiger partial charge in [0.1, 0.15) is 5.69 Å². The highest BCUT2D eigenvalue weighted by Crippen LogP contribution is 2.34. The minimum absolute atomic E-state index is 0.0408. The molecule has 1 fully saturated rings. The van der Waals surface area contributed by atoms with Crippen LogP contribution in [0.3, 0.4) is 0 Å². The number of fused-ring (bicyclic) bond motifs is 2. The van der Waals surface area contributed by atoms with Crippen LogP contribution < -0.4 is 10.6 Å². The number of pyridine rings is 1. The number of alkyl halides is 3. The number of rotatable bonds is 4. The Morgan fingerprint density at radius 2 is 1.85 bits per heavy atom. The van der Waals surface area contributed by atoms with E-state index in [2.05, 4.69) is 21.7 Å². The summed E-state index contributed by atoms with van der Waals surface area (Å²) in [6.07, 6.45) is -1.32. The second-order valence-electron chi connectivity index (χ2n) is 8.90. The summed E-state index contributed by atoms with van der Waals surface area (Å²) in [5.41, 5.74) is 0.976. The number of aromatic nitrogens is 1. The molecule has 2 N–H and O–H groups in total. The van der Waals surface area contributed by atoms with Gasteiger partial charge in [-0.3, -0.25) is 4.79 Å². The molecule has 2 aromatic carbocycles. The molecule has 4 nitrogen and oxygen atoms in total. The van der Waals surface area contributed by atoms with Crippen molar-refractivity contribution in [2.45, 2.75) is 50.9 Å². The number of carbonyl (C=O) groups is 1. The molecule has 0 saturated heterocycles. The number of thiophene rings is 1. The fourth-order valence-corrected chi connectivity index (χ4v) is 5.68. The summed E-state index contributed by atoms with van der Waals surface area (Å²) < 4.78 is 41.3. The van der Waals surface area contributed by atoms with Crippen molar-refractivity contribution in [3.63, 3.8) is 0 Å². The molecule has 4 aromatic rings. The number of amides is 1. The topological polar surface area (TPSA) is 54.0 Å². The Balaban J connectivity index is 1.32. The number of para-hydroxylation sites is 1. The third kappa shape index (κ3) is 4.73. The summed E-state index contributed by atoms with van der Waals surface area (Å²) in [5, 5.41) is 8.16. The van der Waals surface area contributed by atoms with Crippen molar-refractivity contribution in [2.75, 3.05) is 5.32 Å². The van der Waals surface area contributed by atoms with E-state index >= 15 is 0 Å². The Labute approximate surface area is 199 Å². The van der Waals surface area contributed by atoms with E-state index in [9.17, 15) is 18.0 Å². The number of hydrogen-bond donors (Lipinski definition) is 2. The van der Waals surface area contributed by atoms with Crippen LogP contribution in [0.2, 0.25) is 0 Å². The Hall–Kier alpha value is -3.13. The molecule has 0 radical (unpaired) electrons. The lowest BCUT2D eigenvalue weighted by molar-refractivity contribution is -0.140. The molecule has 1 amide bonds. The van der Waals surface area contributed by atoms with Crippen LogP contribution in [-0.4, -0.2) is 23.0 Å². The lowest BCUT2D eigenvalue weighted by atomic mass is 9.90. The van der Waals surface area contributed by atoms with Crippen LogP contribution in [0.1, 0.15) is 46.6 Å². The van der Waals surface area contributed by atoms with E-state index in [1.807, 2.05) is 25.1 Å². The average molecular weight is 484 g/mol. The second-order valence-corrected chi connectivity index (χ2v) is 9.98. The normalized spacial score (nSPS) is 18.8. The number of carbonyl (C=O) groups excluding carboxylic acids is 1. The first kappa shape index (κ1) is 22.7. The molecule has 2 atom stereocenters. The first-order valence-corrected chi connectivity index (χ1v) is 12.1. The van der Waals surface area contributed by atoms with Gasteiger partial charge in [-0.2, -0.15) is 13.2 Å². The molecular weight excluding hydrogens is 459 g/mol. The van der Waals surface area contributed by atoms with Crippen molar-refractivity contribution in [3.05, 3.63) is 70.7 Å². The van der Waals surface area contributed by atoms with Gasteiger partial charge in [0.15, 0.2) is 0 Å². The van der Waals surface area contributed by atoms with Gasteiger partial charge in [-0.1, -0.05) is 30.3 Å². The van der Waals surface area contributed by atoms with E-state index < -0.39 is 11.9 Å². The summed E-state index contributed by atoms with van der Waals surface area (Å²) in [6.45, 7) is 2.03. The highest BCUT2D eigenvalue weighted by molar-refractivity contribution is 7.20. The SMILES string of the molecule is Cc1ccc2cc(C(=O)N[C@@H]3CCCC(Nc4cc(C(F)(F)F)nc5ccccc45)C3)sc2c1. The van der Waals surface area contributed by atoms with Gasteiger partial charge in [0.05, 0.1) is 10.4 Å². The Morgan fingerprint density at radius 1 is 1.06 bits per heavy atom. The van der Waals surface area contributed by atoms with E-state index in [0.29, 0.717) is 27.9 Å². The predicted molar refractivity (Wildman–Crippen MR) is 130 cm³/mol. The van der Waals surface area contributed by atoms with Gasteiger partial charge in [0, 0.05) is 27.9 Å². The molecular formula is C26H24F3N3OS. The number of halogens is 3. The lowest BCUT2D eigenvalue weighted by Gasteiger charge is -2.31. The summed E-state index contributed by atoms with van der Waals surface area (Å²) in [6, 6.07) is 15.9. The summed E-state index contributed by atoms with van der Waals surface area (Å²) >= 11 is 1.48. The highest BCUT2D eigenvalue weighted by atomic mass is 32.1. The van der Waals surface area contributed by atoms with Crippen molar-refractivity contribution in [1.82, 2.24) is 10.3 Å². The van der Waals surface area contributed by atoms with E-state index in [0.717, 1.165) is 41.0 Å². The molecule has 5 rings (SSSR count). The fraction of sp³-hybridized carbons (Fsp3) is 0.308. The molecule has 34 heavy (non-hydrogen) atoms. The average Bonchev–Trinajstić information content (AvgIpc) is 3.22. The molecule has 0 spiro atoms. The number of nitrogens with one attached hydrogen (secondary N) is 2. The first-order chi connectivity index (χ1) is 16.3. The van der Waals surface area contributed by atoms with Crippen molar-refractivity contribution >= 4 is 43.9 Å².